The van der Waals surface area contributed by atoms with E-state index in [-0.39, 0.29) is 18.0 Å². The smallest absolute Gasteiger partial charge is 0.338 e. The number of rotatable bonds is 4. The summed E-state index contributed by atoms with van der Waals surface area (Å²) in [6, 6.07) is 9.86. The monoisotopic (exact) mass is 358 g/mol. The largest absolute Gasteiger partial charge is 0.496 e. The van der Waals surface area contributed by atoms with E-state index < -0.39 is 5.97 Å². The van der Waals surface area contributed by atoms with Crippen molar-refractivity contribution in [2.45, 2.75) is 13.5 Å². The highest BCUT2D eigenvalue weighted by Gasteiger charge is 2.12. The Morgan fingerprint density at radius 3 is 2.80 bits per heavy atom. The molecule has 25 heavy (non-hydrogen) atoms. The Bertz CT molecular complexity index is 1010. The molecule has 0 saturated heterocycles. The molecule has 128 valence electrons. The van der Waals surface area contributed by atoms with E-state index in [2.05, 4.69) is 9.97 Å². The Hall–Kier alpha value is -2.86. The minimum absolute atomic E-state index is 0.150. The van der Waals surface area contributed by atoms with Crippen molar-refractivity contribution in [1.82, 2.24) is 9.97 Å². The van der Waals surface area contributed by atoms with Gasteiger partial charge in [0.1, 0.15) is 18.2 Å². The molecule has 6 nitrogen and oxygen atoms in total. The number of H-pyrrole nitrogens is 1. The van der Waals surface area contributed by atoms with Gasteiger partial charge in [-0.3, -0.25) is 4.79 Å². The highest BCUT2D eigenvalue weighted by Crippen LogP contribution is 2.20. The summed E-state index contributed by atoms with van der Waals surface area (Å²) in [6.07, 6.45) is 0. The molecule has 1 heterocycles. The highest BCUT2D eigenvalue weighted by molar-refractivity contribution is 6.31. The number of hydrogen-bond donors (Lipinski definition) is 1. The molecule has 0 aliphatic rings. The predicted octanol–water partition coefficient (Wildman–Crippen LogP) is 3.25. The lowest BCUT2D eigenvalue weighted by Crippen LogP contribution is -2.14. The van der Waals surface area contributed by atoms with Crippen molar-refractivity contribution < 1.29 is 14.3 Å². The number of benzene rings is 2. The Morgan fingerprint density at radius 1 is 1.24 bits per heavy atom. The van der Waals surface area contributed by atoms with Crippen molar-refractivity contribution in [1.29, 1.82) is 0 Å². The minimum atomic E-state index is -0.530. The summed E-state index contributed by atoms with van der Waals surface area (Å²) in [5.41, 5.74) is 1.42. The number of aryl methyl sites for hydroxylation is 1. The van der Waals surface area contributed by atoms with Gasteiger partial charge >= 0.3 is 5.97 Å². The van der Waals surface area contributed by atoms with E-state index in [4.69, 9.17) is 21.1 Å². The fourth-order valence-corrected chi connectivity index (χ4v) is 2.56. The molecule has 0 bridgehead atoms. The van der Waals surface area contributed by atoms with Crippen LogP contribution in [0.4, 0.5) is 0 Å². The van der Waals surface area contributed by atoms with Crippen LogP contribution in [0.15, 0.2) is 41.2 Å². The number of nitrogens with one attached hydrogen (secondary N) is 1. The zero-order valence-corrected chi connectivity index (χ0v) is 14.4. The number of fused-ring (bicyclic) bond motifs is 1. The van der Waals surface area contributed by atoms with Crippen LogP contribution >= 0.6 is 11.6 Å². The average molecular weight is 359 g/mol. The Morgan fingerprint density at radius 2 is 2.04 bits per heavy atom. The van der Waals surface area contributed by atoms with Crippen molar-refractivity contribution >= 4 is 28.5 Å². The molecule has 0 atom stereocenters. The quantitative estimate of drug-likeness (QED) is 0.724. The first-order valence-corrected chi connectivity index (χ1v) is 7.86. The van der Waals surface area contributed by atoms with Gasteiger partial charge < -0.3 is 14.5 Å². The Balaban J connectivity index is 1.79. The van der Waals surface area contributed by atoms with E-state index >= 15 is 0 Å². The maximum atomic E-state index is 12.2. The summed E-state index contributed by atoms with van der Waals surface area (Å²) in [5.74, 6) is 0.327. The van der Waals surface area contributed by atoms with Gasteiger partial charge in [0.05, 0.1) is 23.6 Å². The molecular weight excluding hydrogens is 344 g/mol. The number of methoxy groups -OCH3 is 1. The van der Waals surface area contributed by atoms with Crippen LogP contribution in [0.3, 0.4) is 0 Å². The predicted molar refractivity (Wildman–Crippen MR) is 94.2 cm³/mol. The topological polar surface area (TPSA) is 81.3 Å². The summed E-state index contributed by atoms with van der Waals surface area (Å²) in [6.45, 7) is 1.73. The van der Waals surface area contributed by atoms with Crippen LogP contribution in [0.5, 0.6) is 5.75 Å². The number of aromatic nitrogens is 2. The number of halogens is 1. The van der Waals surface area contributed by atoms with Crippen LogP contribution < -0.4 is 10.3 Å². The second kappa shape index (κ2) is 6.94. The number of nitrogens with zero attached hydrogens (tertiary/aromatic N) is 1. The number of carbonyl (C=O) groups excluding carboxylic acids is 1. The van der Waals surface area contributed by atoms with Gasteiger partial charge in [0, 0.05) is 5.02 Å². The summed E-state index contributed by atoms with van der Waals surface area (Å²) < 4.78 is 10.4. The molecule has 3 rings (SSSR count). The van der Waals surface area contributed by atoms with E-state index in [0.29, 0.717) is 27.2 Å². The average Bonchev–Trinajstić information content (AvgIpc) is 2.60. The number of carbonyl (C=O) groups is 1. The first-order chi connectivity index (χ1) is 12.0. The molecule has 1 N–H and O–H groups in total. The third kappa shape index (κ3) is 3.64. The van der Waals surface area contributed by atoms with Crippen molar-refractivity contribution in [2.24, 2.45) is 0 Å². The molecule has 1 aromatic heterocycles. The summed E-state index contributed by atoms with van der Waals surface area (Å²) in [7, 11) is 1.54. The lowest BCUT2D eigenvalue weighted by Gasteiger charge is -2.08. The van der Waals surface area contributed by atoms with E-state index in [1.54, 1.807) is 30.3 Å². The molecule has 0 amide bonds. The van der Waals surface area contributed by atoms with Crippen LogP contribution in [-0.4, -0.2) is 23.0 Å². The van der Waals surface area contributed by atoms with Gasteiger partial charge in [-0.1, -0.05) is 17.7 Å². The van der Waals surface area contributed by atoms with Gasteiger partial charge in [0.25, 0.3) is 5.56 Å². The van der Waals surface area contributed by atoms with Crippen LogP contribution in [-0.2, 0) is 11.3 Å². The first kappa shape index (κ1) is 17.0. The number of aromatic amines is 1. The van der Waals surface area contributed by atoms with E-state index in [1.807, 2.05) is 6.92 Å². The SMILES string of the molecule is COc1cc(C(=O)OCc2nc3ccc(Cl)cc3c(=O)[nH]2)ccc1C. The van der Waals surface area contributed by atoms with Crippen LogP contribution in [0, 0.1) is 6.92 Å². The Labute approximate surface area is 148 Å². The van der Waals surface area contributed by atoms with Crippen LogP contribution in [0.2, 0.25) is 5.02 Å². The third-order valence-corrected chi connectivity index (χ3v) is 3.94. The van der Waals surface area contributed by atoms with Crippen LogP contribution in [0.1, 0.15) is 21.7 Å². The molecule has 7 heteroatoms. The van der Waals surface area contributed by atoms with Crippen LogP contribution in [0.25, 0.3) is 10.9 Å². The minimum Gasteiger partial charge on any atom is -0.496 e. The molecule has 0 radical (unpaired) electrons. The maximum absolute atomic E-state index is 12.2. The number of hydrogen-bond acceptors (Lipinski definition) is 5. The second-order valence-corrected chi connectivity index (χ2v) is 5.87. The highest BCUT2D eigenvalue weighted by atomic mass is 35.5. The molecule has 0 fully saturated rings. The van der Waals surface area contributed by atoms with Gasteiger partial charge in [0.2, 0.25) is 0 Å². The summed E-state index contributed by atoms with van der Waals surface area (Å²) in [5, 5.41) is 0.832. The summed E-state index contributed by atoms with van der Waals surface area (Å²) in [4.78, 5) is 31.1. The van der Waals surface area contributed by atoms with Gasteiger partial charge in [0.15, 0.2) is 0 Å². The summed E-state index contributed by atoms with van der Waals surface area (Å²) >= 11 is 5.88. The molecule has 0 aliphatic carbocycles. The van der Waals surface area contributed by atoms with Gasteiger partial charge in [-0.15, -0.1) is 0 Å². The van der Waals surface area contributed by atoms with E-state index in [1.165, 1.54) is 13.2 Å². The second-order valence-electron chi connectivity index (χ2n) is 5.43. The van der Waals surface area contributed by atoms with Gasteiger partial charge in [-0.2, -0.15) is 0 Å². The zero-order valence-electron chi connectivity index (χ0n) is 13.6. The lowest BCUT2D eigenvalue weighted by molar-refractivity contribution is 0.0462. The van der Waals surface area contributed by atoms with Crippen molar-refractivity contribution in [3.05, 3.63) is 68.7 Å². The van der Waals surface area contributed by atoms with Gasteiger partial charge in [-0.05, 0) is 42.8 Å². The molecular formula is C18H15ClN2O4. The zero-order chi connectivity index (χ0) is 18.0. The van der Waals surface area contributed by atoms with Crippen molar-refractivity contribution in [3.63, 3.8) is 0 Å². The normalized spacial score (nSPS) is 10.7. The van der Waals surface area contributed by atoms with E-state index in [0.717, 1.165) is 5.56 Å². The molecule has 0 saturated carbocycles. The third-order valence-electron chi connectivity index (χ3n) is 3.70. The van der Waals surface area contributed by atoms with Crippen molar-refractivity contribution in [3.8, 4) is 5.75 Å². The standard InChI is InChI=1S/C18H15ClN2O4/c1-10-3-4-11(7-15(10)24-2)18(23)25-9-16-20-14-6-5-12(19)8-13(14)17(22)21-16/h3-8H,9H2,1-2H3,(H,20,21,22). The Kier molecular flexibility index (Phi) is 4.72. The van der Waals surface area contributed by atoms with Crippen molar-refractivity contribution in [2.75, 3.05) is 7.11 Å². The van der Waals surface area contributed by atoms with E-state index in [9.17, 15) is 9.59 Å². The molecule has 2 aromatic carbocycles. The fraction of sp³-hybridized carbons (Fsp3) is 0.167. The number of ether oxygens (including phenoxy) is 2. The molecule has 0 aliphatic heterocycles. The molecule has 0 unspecified atom stereocenters. The first-order valence-electron chi connectivity index (χ1n) is 7.48. The molecule has 3 aromatic rings. The number of esters is 1. The lowest BCUT2D eigenvalue weighted by atomic mass is 10.1. The molecule has 0 spiro atoms. The maximum Gasteiger partial charge on any atom is 0.338 e. The fourth-order valence-electron chi connectivity index (χ4n) is 2.39. The van der Waals surface area contributed by atoms with Gasteiger partial charge in [-0.25, -0.2) is 9.78 Å².